The molecule has 1 aliphatic carbocycles. The highest BCUT2D eigenvalue weighted by atomic mass is 35.5. The van der Waals surface area contributed by atoms with Crippen LogP contribution in [0.1, 0.15) is 42.5 Å². The summed E-state index contributed by atoms with van der Waals surface area (Å²) in [6.07, 6.45) is 7.52. The normalized spacial score (nSPS) is 20.9. The molecule has 1 aromatic carbocycles. The molecule has 2 aliphatic rings. The number of anilines is 2. The maximum absolute atomic E-state index is 11.5. The summed E-state index contributed by atoms with van der Waals surface area (Å²) in [6.45, 7) is 1.83. The summed E-state index contributed by atoms with van der Waals surface area (Å²) in [4.78, 5) is 23.5. The van der Waals surface area contributed by atoms with Gasteiger partial charge in [0.2, 0.25) is 5.91 Å². The van der Waals surface area contributed by atoms with Gasteiger partial charge in [0.1, 0.15) is 10.8 Å². The number of rotatable bonds is 4. The third-order valence-electron chi connectivity index (χ3n) is 6.25. The maximum Gasteiger partial charge on any atom is 0.250 e. The van der Waals surface area contributed by atoms with E-state index in [9.17, 15) is 4.79 Å². The molecule has 2 aromatic rings. The van der Waals surface area contributed by atoms with E-state index in [-0.39, 0.29) is 5.56 Å². The average molecular weight is 433 g/mol. The Morgan fingerprint density at radius 3 is 2.66 bits per heavy atom. The number of nitrogens with zero attached hydrogens (tertiary/aromatic N) is 3. The lowest BCUT2D eigenvalue weighted by atomic mass is 9.74. The second-order valence-corrected chi connectivity index (χ2v) is 9.26. The van der Waals surface area contributed by atoms with Crippen molar-refractivity contribution in [3.05, 3.63) is 35.0 Å². The topological polar surface area (TPSA) is 124 Å². The van der Waals surface area contributed by atoms with Crippen LogP contribution < -0.4 is 22.1 Å². The van der Waals surface area contributed by atoms with Crippen molar-refractivity contribution in [2.24, 2.45) is 16.9 Å². The molecule has 7 nitrogen and oxygen atoms in total. The van der Waals surface area contributed by atoms with E-state index in [0.717, 1.165) is 38.2 Å². The molecule has 2 heterocycles. The number of hydrogen-bond acceptors (Lipinski definition) is 7. The lowest BCUT2D eigenvalue weighted by Crippen LogP contribution is -2.47. The van der Waals surface area contributed by atoms with Crippen molar-refractivity contribution >= 4 is 40.9 Å². The predicted molar refractivity (Wildman–Crippen MR) is 116 cm³/mol. The summed E-state index contributed by atoms with van der Waals surface area (Å²) in [6, 6.07) is 5.43. The number of halogens is 1. The van der Waals surface area contributed by atoms with Crippen LogP contribution in [0.4, 0.5) is 11.6 Å². The van der Waals surface area contributed by atoms with E-state index in [1.54, 1.807) is 24.4 Å². The summed E-state index contributed by atoms with van der Waals surface area (Å²) >= 11 is 7.57. The molecule has 1 amide bonds. The van der Waals surface area contributed by atoms with Gasteiger partial charge in [0.15, 0.2) is 5.82 Å². The van der Waals surface area contributed by atoms with E-state index >= 15 is 0 Å². The lowest BCUT2D eigenvalue weighted by Gasteiger charge is -2.42. The van der Waals surface area contributed by atoms with Gasteiger partial charge >= 0.3 is 0 Å². The van der Waals surface area contributed by atoms with Crippen LogP contribution in [0.15, 0.2) is 34.3 Å². The third-order valence-corrected chi connectivity index (χ3v) is 7.83. The molecule has 1 saturated heterocycles. The molecular formula is C20H25ClN6OS. The number of carbonyl (C=O) groups excluding carboxylic acids is 1. The molecule has 6 N–H and O–H groups in total. The number of primary amides is 1. The van der Waals surface area contributed by atoms with Gasteiger partial charge in [0, 0.05) is 24.0 Å². The minimum atomic E-state index is -0.572. The molecule has 9 heteroatoms. The van der Waals surface area contributed by atoms with Crippen LogP contribution in [-0.4, -0.2) is 35.0 Å². The molecule has 1 atom stereocenters. The fourth-order valence-electron chi connectivity index (χ4n) is 4.47. The summed E-state index contributed by atoms with van der Waals surface area (Å²) < 4.78 is 0. The van der Waals surface area contributed by atoms with Gasteiger partial charge in [0.25, 0.3) is 0 Å². The number of amides is 1. The van der Waals surface area contributed by atoms with Crippen molar-refractivity contribution < 1.29 is 4.79 Å². The van der Waals surface area contributed by atoms with E-state index in [2.05, 4.69) is 14.9 Å². The molecule has 1 aromatic heterocycles. The van der Waals surface area contributed by atoms with Crippen LogP contribution in [-0.2, 0) is 0 Å². The lowest BCUT2D eigenvalue weighted by molar-refractivity contribution is 0.1000. The van der Waals surface area contributed by atoms with Crippen LogP contribution in [0.2, 0.25) is 5.02 Å². The zero-order chi connectivity index (χ0) is 20.6. The first-order valence-corrected chi connectivity index (χ1v) is 11.0. The Morgan fingerprint density at radius 1 is 1.28 bits per heavy atom. The molecule has 0 unspecified atom stereocenters. The number of carbonyl (C=O) groups is 1. The first-order chi connectivity index (χ1) is 13.9. The van der Waals surface area contributed by atoms with Gasteiger partial charge in [0.05, 0.1) is 16.8 Å². The molecule has 154 valence electrons. The van der Waals surface area contributed by atoms with Crippen molar-refractivity contribution in [1.82, 2.24) is 9.97 Å². The summed E-state index contributed by atoms with van der Waals surface area (Å²) in [5, 5.41) is 0.841. The van der Waals surface area contributed by atoms with Crippen molar-refractivity contribution in [3.8, 4) is 0 Å². The molecule has 29 heavy (non-hydrogen) atoms. The van der Waals surface area contributed by atoms with E-state index < -0.39 is 5.91 Å². The van der Waals surface area contributed by atoms with E-state index in [0.29, 0.717) is 32.2 Å². The molecule has 4 rings (SSSR count). The highest BCUT2D eigenvalue weighted by Gasteiger charge is 2.43. The molecule has 0 radical (unpaired) electrons. The van der Waals surface area contributed by atoms with Gasteiger partial charge in [-0.3, -0.25) is 4.79 Å². The number of aromatic nitrogens is 2. The zero-order valence-electron chi connectivity index (χ0n) is 16.1. The van der Waals surface area contributed by atoms with E-state index in [1.165, 1.54) is 24.6 Å². The third kappa shape index (κ3) is 3.89. The molecular weight excluding hydrogens is 408 g/mol. The van der Waals surface area contributed by atoms with Crippen molar-refractivity contribution in [2.45, 2.75) is 48.1 Å². The largest absolute Gasteiger partial charge is 0.381 e. The molecule has 2 fully saturated rings. The van der Waals surface area contributed by atoms with Crippen molar-refractivity contribution in [1.29, 1.82) is 0 Å². The summed E-state index contributed by atoms with van der Waals surface area (Å²) in [7, 11) is 0. The van der Waals surface area contributed by atoms with Crippen LogP contribution in [0, 0.1) is 5.41 Å². The molecule has 1 aliphatic heterocycles. The minimum Gasteiger partial charge on any atom is -0.381 e. The fourth-order valence-corrected chi connectivity index (χ4v) is 5.61. The quantitative estimate of drug-likeness (QED) is 0.677. The Morgan fingerprint density at radius 2 is 2.03 bits per heavy atom. The first kappa shape index (κ1) is 20.3. The molecule has 1 saturated carbocycles. The predicted octanol–water partition coefficient (Wildman–Crippen LogP) is 3.06. The van der Waals surface area contributed by atoms with Crippen LogP contribution in [0.25, 0.3) is 0 Å². The second kappa shape index (κ2) is 8.01. The summed E-state index contributed by atoms with van der Waals surface area (Å²) in [5.41, 5.74) is 18.5. The highest BCUT2D eigenvalue weighted by molar-refractivity contribution is 7.99. The van der Waals surface area contributed by atoms with E-state index in [1.807, 2.05) is 0 Å². The highest BCUT2D eigenvalue weighted by Crippen LogP contribution is 2.46. The van der Waals surface area contributed by atoms with Gasteiger partial charge in [-0.15, -0.1) is 0 Å². The summed E-state index contributed by atoms with van der Waals surface area (Å²) in [5.74, 6) is 0.549. The molecule has 1 spiro atoms. The fraction of sp³-hybridized carbons (Fsp3) is 0.450. The average Bonchev–Trinajstić information content (AvgIpc) is 3.05. The number of benzene rings is 1. The van der Waals surface area contributed by atoms with Gasteiger partial charge in [-0.2, -0.15) is 0 Å². The van der Waals surface area contributed by atoms with Crippen molar-refractivity contribution in [2.75, 3.05) is 23.7 Å². The smallest absolute Gasteiger partial charge is 0.250 e. The standard InChI is InChI=1S/C20H25ClN6OS/c21-16-12(18(24)28)3-1-4-13(16)29-19-17(23)26-15(11-25-19)27-9-7-20(8-10-27)6-2-5-14(20)22/h1,3-4,11,14H,2,5-10,22H2,(H2,23,26)(H2,24,28)/t14-/m1/s1. The maximum atomic E-state index is 11.5. The number of piperidine rings is 1. The van der Waals surface area contributed by atoms with Crippen LogP contribution in [0.5, 0.6) is 0 Å². The van der Waals surface area contributed by atoms with E-state index in [4.69, 9.17) is 28.8 Å². The van der Waals surface area contributed by atoms with Gasteiger partial charge in [-0.05, 0) is 43.2 Å². The Hall–Kier alpha value is -2.03. The number of hydrogen-bond donors (Lipinski definition) is 3. The van der Waals surface area contributed by atoms with Gasteiger partial charge in [-0.25, -0.2) is 9.97 Å². The van der Waals surface area contributed by atoms with Gasteiger partial charge in [-0.1, -0.05) is 35.9 Å². The SMILES string of the molecule is NC(=O)c1cccc(Sc2ncc(N3CCC4(CCC[C@H]4N)CC3)nc2N)c1Cl. The Bertz CT molecular complexity index is 931. The Labute approximate surface area is 179 Å². The first-order valence-electron chi connectivity index (χ1n) is 9.79. The monoisotopic (exact) mass is 432 g/mol. The minimum absolute atomic E-state index is 0.271. The second-order valence-electron chi connectivity index (χ2n) is 7.85. The van der Waals surface area contributed by atoms with Crippen molar-refractivity contribution in [3.63, 3.8) is 0 Å². The number of nitrogens with two attached hydrogens (primary N) is 3. The number of nitrogen functional groups attached to an aromatic ring is 1. The van der Waals surface area contributed by atoms with Crippen LogP contribution >= 0.6 is 23.4 Å². The zero-order valence-corrected chi connectivity index (χ0v) is 17.7. The van der Waals surface area contributed by atoms with Crippen LogP contribution in [0.3, 0.4) is 0 Å². The molecule has 0 bridgehead atoms. The Kier molecular flexibility index (Phi) is 5.59. The van der Waals surface area contributed by atoms with Gasteiger partial charge < -0.3 is 22.1 Å². The Balaban J connectivity index is 1.48.